The molecule has 0 heterocycles. The largest absolute Gasteiger partial charge is 0.496 e. The van der Waals surface area contributed by atoms with Gasteiger partial charge in [0.15, 0.2) is 5.52 Å². The van der Waals surface area contributed by atoms with Crippen LogP contribution in [0.1, 0.15) is 89.4 Å². The van der Waals surface area contributed by atoms with Gasteiger partial charge in [-0.1, -0.05) is 83.9 Å². The van der Waals surface area contributed by atoms with E-state index in [1.807, 2.05) is 18.2 Å². The van der Waals surface area contributed by atoms with E-state index in [9.17, 15) is 4.79 Å². The molecule has 0 spiro atoms. The number of rotatable bonds is 18. The van der Waals surface area contributed by atoms with Crippen molar-refractivity contribution in [1.82, 2.24) is 0 Å². The number of carbonyl (C=O) groups is 1. The van der Waals surface area contributed by atoms with Gasteiger partial charge in [-0.2, -0.15) is 0 Å². The van der Waals surface area contributed by atoms with E-state index < -0.39 is 0 Å². The summed E-state index contributed by atoms with van der Waals surface area (Å²) in [6.45, 7) is 10.2. The Labute approximate surface area is 243 Å². The zero-order valence-electron chi connectivity index (χ0n) is 23.7. The second-order valence-corrected chi connectivity index (χ2v) is 11.0. The number of benzene rings is 2. The molecule has 0 bridgehead atoms. The van der Waals surface area contributed by atoms with Crippen molar-refractivity contribution >= 4 is 49.9 Å². The summed E-state index contributed by atoms with van der Waals surface area (Å²) in [7, 11) is 1.42. The molecule has 201 valence electrons. The Balaban J connectivity index is 0.00000684. The molecular formula is C30H44ClLiO4P. The summed E-state index contributed by atoms with van der Waals surface area (Å²) in [6.07, 6.45) is 9.29. The van der Waals surface area contributed by atoms with Crippen molar-refractivity contribution in [3.8, 4) is 17.2 Å². The zero-order chi connectivity index (χ0) is 26.3. The van der Waals surface area contributed by atoms with Gasteiger partial charge in [0.2, 0.25) is 0 Å². The smallest absolute Gasteiger partial charge is 0.190 e. The van der Waals surface area contributed by atoms with Crippen molar-refractivity contribution < 1.29 is 19.0 Å². The molecular weight excluding hydrogens is 498 g/mol. The molecule has 7 heteroatoms. The fourth-order valence-corrected chi connectivity index (χ4v) is 5.51. The van der Waals surface area contributed by atoms with Crippen LogP contribution in [0, 0.1) is 11.8 Å². The molecule has 0 N–H and O–H groups in total. The first kappa shape index (κ1) is 33.9. The topological polar surface area (TPSA) is 44.8 Å². The van der Waals surface area contributed by atoms with Gasteiger partial charge in [0.05, 0.1) is 30.9 Å². The molecule has 1 radical (unpaired) electrons. The van der Waals surface area contributed by atoms with Crippen LogP contribution in [0.2, 0.25) is 5.02 Å². The number of methoxy groups -OCH3 is 1. The Hall–Kier alpha value is -1.17. The molecule has 0 saturated heterocycles. The number of unbranched alkanes of at least 4 members (excludes halogenated alkanes) is 2. The molecule has 0 aromatic heterocycles. The standard InChI is InChI=1S/C30H44ClO4P.Li/c1-6-10-13-22(8-3)20-34-24-17-18-28(27(19-24)35-21-23(9-4)14-11-7-2)36-30(32)29-25(31)15-12-16-26(29)33-5;/h12,15-19,22-23,36H,6-11,13-14,20-21H2,1-5H3;. The molecule has 3 atom stereocenters. The van der Waals surface area contributed by atoms with Crippen LogP contribution in [0.25, 0.3) is 0 Å². The summed E-state index contributed by atoms with van der Waals surface area (Å²) in [5.74, 6) is 3.04. The quantitative estimate of drug-likeness (QED) is 0.141. The second kappa shape index (κ2) is 19.0. The van der Waals surface area contributed by atoms with Crippen molar-refractivity contribution in [2.24, 2.45) is 11.8 Å². The molecule has 0 saturated carbocycles. The van der Waals surface area contributed by atoms with Gasteiger partial charge in [0.25, 0.3) is 0 Å². The maximum atomic E-state index is 13.3. The molecule has 3 unspecified atom stereocenters. The number of hydrogen-bond donors (Lipinski definition) is 0. The second-order valence-electron chi connectivity index (χ2n) is 9.38. The van der Waals surface area contributed by atoms with Crippen LogP contribution in [0.5, 0.6) is 17.2 Å². The summed E-state index contributed by atoms with van der Waals surface area (Å²) in [5, 5.41) is 1.26. The van der Waals surface area contributed by atoms with Crippen molar-refractivity contribution in [2.45, 2.75) is 79.1 Å². The van der Waals surface area contributed by atoms with E-state index in [1.54, 1.807) is 25.3 Å². The van der Waals surface area contributed by atoms with Gasteiger partial charge in [0.1, 0.15) is 17.2 Å². The average Bonchev–Trinajstić information content (AvgIpc) is 2.89. The van der Waals surface area contributed by atoms with Gasteiger partial charge < -0.3 is 14.2 Å². The predicted octanol–water partition coefficient (Wildman–Crippen LogP) is 8.30. The SMILES string of the molecule is CCCCC(CC)COc1ccc(PC(=O)c2c(Cl)cccc2OC)c(OCC(CC)CCCC)c1.[Li]. The van der Waals surface area contributed by atoms with Crippen LogP contribution in [0.15, 0.2) is 36.4 Å². The summed E-state index contributed by atoms with van der Waals surface area (Å²) in [4.78, 5) is 13.3. The summed E-state index contributed by atoms with van der Waals surface area (Å²) in [6, 6.07) is 11.1. The van der Waals surface area contributed by atoms with Crippen LogP contribution in [0.4, 0.5) is 0 Å². The van der Waals surface area contributed by atoms with Gasteiger partial charge in [-0.25, -0.2) is 0 Å². The first-order valence-electron chi connectivity index (χ1n) is 13.5. The number of halogens is 1. The van der Waals surface area contributed by atoms with Crippen LogP contribution in [-0.4, -0.2) is 44.7 Å². The van der Waals surface area contributed by atoms with E-state index in [0.717, 1.165) is 36.1 Å². The predicted molar refractivity (Wildman–Crippen MR) is 160 cm³/mol. The molecule has 0 aliphatic carbocycles. The van der Waals surface area contributed by atoms with Crippen LogP contribution < -0.4 is 19.5 Å². The Morgan fingerprint density at radius 2 is 1.51 bits per heavy atom. The molecule has 2 aromatic rings. The first-order chi connectivity index (χ1) is 17.5. The monoisotopic (exact) mass is 541 g/mol. The van der Waals surface area contributed by atoms with E-state index in [4.69, 9.17) is 25.8 Å². The van der Waals surface area contributed by atoms with Gasteiger partial charge in [0, 0.05) is 30.2 Å². The van der Waals surface area contributed by atoms with Crippen molar-refractivity contribution in [3.05, 3.63) is 47.0 Å². The third-order valence-electron chi connectivity index (χ3n) is 6.67. The molecule has 0 aliphatic rings. The van der Waals surface area contributed by atoms with E-state index in [2.05, 4.69) is 27.7 Å². The van der Waals surface area contributed by atoms with Crippen LogP contribution in [-0.2, 0) is 0 Å². The minimum atomic E-state index is -0.135. The van der Waals surface area contributed by atoms with Gasteiger partial charge in [-0.05, 0) is 57.5 Å². The third-order valence-corrected chi connectivity index (χ3v) is 8.14. The summed E-state index contributed by atoms with van der Waals surface area (Å²) >= 11 is 6.38. The van der Waals surface area contributed by atoms with E-state index in [0.29, 0.717) is 41.4 Å². The van der Waals surface area contributed by atoms with Crippen molar-refractivity contribution in [1.29, 1.82) is 0 Å². The molecule has 0 fully saturated rings. The fourth-order valence-electron chi connectivity index (χ4n) is 4.11. The Bertz CT molecular complexity index is 940. The molecule has 2 aromatic carbocycles. The van der Waals surface area contributed by atoms with Crippen molar-refractivity contribution in [2.75, 3.05) is 20.3 Å². The van der Waals surface area contributed by atoms with Crippen molar-refractivity contribution in [3.63, 3.8) is 0 Å². The van der Waals surface area contributed by atoms with Gasteiger partial charge >= 0.3 is 0 Å². The fraction of sp³-hybridized carbons (Fsp3) is 0.567. The third kappa shape index (κ3) is 11.2. The van der Waals surface area contributed by atoms with Gasteiger partial charge in [-0.15, -0.1) is 0 Å². The Morgan fingerprint density at radius 3 is 2.08 bits per heavy atom. The minimum absolute atomic E-state index is 0. The zero-order valence-corrected chi connectivity index (χ0v) is 25.5. The normalized spacial score (nSPS) is 12.7. The number of ether oxygens (including phenoxy) is 3. The Morgan fingerprint density at radius 1 is 0.892 bits per heavy atom. The molecule has 0 amide bonds. The van der Waals surface area contributed by atoms with E-state index in [-0.39, 0.29) is 33.0 Å². The molecule has 2 rings (SSSR count). The van der Waals surface area contributed by atoms with E-state index in [1.165, 1.54) is 32.1 Å². The average molecular weight is 542 g/mol. The van der Waals surface area contributed by atoms with Crippen LogP contribution in [0.3, 0.4) is 0 Å². The maximum absolute atomic E-state index is 13.3. The number of hydrogen-bond acceptors (Lipinski definition) is 4. The maximum Gasteiger partial charge on any atom is 0.190 e. The van der Waals surface area contributed by atoms with Crippen LogP contribution >= 0.6 is 20.2 Å². The molecule has 0 aliphatic heterocycles. The summed E-state index contributed by atoms with van der Waals surface area (Å²) < 4.78 is 18.0. The number of carbonyl (C=O) groups excluding carboxylic acids is 1. The van der Waals surface area contributed by atoms with Gasteiger partial charge in [-0.3, -0.25) is 4.79 Å². The molecule has 37 heavy (non-hydrogen) atoms. The molecule has 4 nitrogen and oxygen atoms in total. The minimum Gasteiger partial charge on any atom is -0.496 e. The first-order valence-corrected chi connectivity index (χ1v) is 14.9. The Kier molecular flexibility index (Phi) is 17.4. The summed E-state index contributed by atoms with van der Waals surface area (Å²) in [5.41, 5.74) is 0.349. The van der Waals surface area contributed by atoms with E-state index >= 15 is 0 Å².